The maximum Gasteiger partial charge on any atom is 0.305 e. The van der Waals surface area contributed by atoms with Crippen LogP contribution < -0.4 is 5.56 Å². The van der Waals surface area contributed by atoms with Crippen molar-refractivity contribution in [3.05, 3.63) is 50.2 Å². The molecule has 0 aliphatic rings. The number of H-pyrrole nitrogens is 1. The van der Waals surface area contributed by atoms with Gasteiger partial charge in [0.05, 0.1) is 0 Å². The molecule has 7 nitrogen and oxygen atoms in total. The van der Waals surface area contributed by atoms with E-state index in [1.165, 1.54) is 21.4 Å². The zero-order chi connectivity index (χ0) is 15.1. The topological polar surface area (TPSA) is 88.8 Å². The molecule has 0 spiro atoms. The van der Waals surface area contributed by atoms with Crippen LogP contribution in [0, 0.1) is 0 Å². The number of hydrogen-bond donors (Lipinski definition) is 1. The zero-order valence-corrected chi connectivity index (χ0v) is 12.7. The maximum atomic E-state index is 12.2. The van der Waals surface area contributed by atoms with E-state index in [1.54, 1.807) is 0 Å². The zero-order valence-electron chi connectivity index (χ0n) is 11.2. The third-order valence-corrected chi connectivity index (χ3v) is 4.49. The van der Waals surface area contributed by atoms with Gasteiger partial charge in [0.2, 0.25) is 10.6 Å². The summed E-state index contributed by atoms with van der Waals surface area (Å²) in [7, 11) is 0. The summed E-state index contributed by atoms with van der Waals surface area (Å²) >= 11 is 7.25. The molecule has 9 heteroatoms. The third-order valence-electron chi connectivity index (χ3n) is 3.27. The monoisotopic (exact) mass is 332 g/mol. The fraction of sp³-hybridized carbons (Fsp3) is 0.154. The molecule has 0 bridgehead atoms. The van der Waals surface area contributed by atoms with E-state index in [0.717, 1.165) is 22.9 Å². The summed E-state index contributed by atoms with van der Waals surface area (Å²) in [6, 6.07) is 7.69. The molecule has 0 unspecified atom stereocenters. The van der Waals surface area contributed by atoms with Crippen LogP contribution in [0.4, 0.5) is 0 Å². The number of nitrogens with one attached hydrogen (secondary N) is 1. The molecule has 4 aromatic rings. The molecule has 1 aromatic carbocycles. The Hall–Kier alpha value is -2.32. The van der Waals surface area contributed by atoms with Crippen LogP contribution in [0.3, 0.4) is 0 Å². The normalized spacial score (nSPS) is 11.5. The average molecular weight is 333 g/mol. The summed E-state index contributed by atoms with van der Waals surface area (Å²) in [5.74, 6) is 0. The first-order valence-corrected chi connectivity index (χ1v) is 7.74. The largest absolute Gasteiger partial charge is 0.305 e. The number of benzene rings is 1. The fourth-order valence-electron chi connectivity index (χ4n) is 2.17. The van der Waals surface area contributed by atoms with Crippen LogP contribution in [-0.2, 0) is 12.8 Å². The van der Waals surface area contributed by atoms with E-state index in [4.69, 9.17) is 11.6 Å². The first-order valence-electron chi connectivity index (χ1n) is 6.54. The molecule has 0 radical (unpaired) electrons. The van der Waals surface area contributed by atoms with Crippen LogP contribution in [0.1, 0.15) is 10.6 Å². The molecule has 4 rings (SSSR count). The predicted octanol–water partition coefficient (Wildman–Crippen LogP) is 1.86. The summed E-state index contributed by atoms with van der Waals surface area (Å²) in [6.07, 6.45) is 1.55. The number of fused-ring (bicyclic) bond motifs is 2. The number of nitrogens with zero attached hydrogens (tertiary/aromatic N) is 5. The van der Waals surface area contributed by atoms with Crippen molar-refractivity contribution in [2.45, 2.75) is 12.8 Å². The van der Waals surface area contributed by atoms with E-state index in [2.05, 4.69) is 25.5 Å². The number of hydrogen-bond acceptors (Lipinski definition) is 6. The number of rotatable bonds is 3. The van der Waals surface area contributed by atoms with Crippen molar-refractivity contribution in [2.75, 3.05) is 0 Å². The molecule has 22 heavy (non-hydrogen) atoms. The van der Waals surface area contributed by atoms with E-state index >= 15 is 0 Å². The Morgan fingerprint density at radius 1 is 1.18 bits per heavy atom. The molecule has 110 valence electrons. The Balaban J connectivity index is 1.66. The van der Waals surface area contributed by atoms with Crippen LogP contribution in [-0.4, -0.2) is 30.0 Å². The minimum absolute atomic E-state index is 0.201. The third kappa shape index (κ3) is 2.26. The van der Waals surface area contributed by atoms with Gasteiger partial charge in [-0.3, -0.25) is 4.79 Å². The molecule has 0 saturated heterocycles. The maximum absolute atomic E-state index is 12.2. The van der Waals surface area contributed by atoms with E-state index in [0.29, 0.717) is 10.6 Å². The summed E-state index contributed by atoms with van der Waals surface area (Å²) in [5.41, 5.74) is 1.38. The van der Waals surface area contributed by atoms with Gasteiger partial charge in [-0.15, -0.1) is 10.2 Å². The van der Waals surface area contributed by atoms with Gasteiger partial charge >= 0.3 is 5.56 Å². The molecule has 0 aliphatic carbocycles. The van der Waals surface area contributed by atoms with Crippen LogP contribution in [0.25, 0.3) is 16.1 Å². The van der Waals surface area contributed by atoms with Crippen molar-refractivity contribution in [1.29, 1.82) is 0 Å². The molecule has 0 saturated carbocycles. The molecule has 3 heterocycles. The Bertz CT molecular complexity index is 1020. The van der Waals surface area contributed by atoms with Crippen LogP contribution in [0.15, 0.2) is 29.1 Å². The fourth-order valence-corrected chi connectivity index (χ4v) is 3.17. The van der Waals surface area contributed by atoms with Gasteiger partial charge in [0.15, 0.2) is 5.52 Å². The lowest BCUT2D eigenvalue weighted by molar-refractivity contribution is 0.839. The summed E-state index contributed by atoms with van der Waals surface area (Å²) in [4.78, 5) is 17.0. The summed E-state index contributed by atoms with van der Waals surface area (Å²) in [6.45, 7) is 0. The quantitative estimate of drug-likeness (QED) is 0.618. The second-order valence-electron chi connectivity index (χ2n) is 4.73. The lowest BCUT2D eigenvalue weighted by Crippen LogP contribution is -2.15. The van der Waals surface area contributed by atoms with Gasteiger partial charge in [0.1, 0.15) is 5.01 Å². The van der Waals surface area contributed by atoms with Gasteiger partial charge in [-0.1, -0.05) is 35.1 Å². The molecular formula is C13H9ClN6OS. The van der Waals surface area contributed by atoms with Crippen LogP contribution >= 0.6 is 22.9 Å². The van der Waals surface area contributed by atoms with Gasteiger partial charge in [0, 0.05) is 11.4 Å². The lowest BCUT2D eigenvalue weighted by atomic mass is 10.1. The molecule has 1 N–H and O–H groups in total. The molecule has 0 atom stereocenters. The highest BCUT2D eigenvalue weighted by atomic mass is 35.5. The minimum Gasteiger partial charge on any atom is -0.265 e. The lowest BCUT2D eigenvalue weighted by Gasteiger charge is -1.98. The summed E-state index contributed by atoms with van der Waals surface area (Å²) in [5, 5.41) is 15.9. The standard InChI is InChI=1S/C13H9ClN6OS/c14-8-4-1-7(2-5-8)3-6-9-18-20-12(21)10-11(17-19-16-10)15-13(20)22-9/h1-2,4-5H,3,6H2,(H,16,17,19). The predicted molar refractivity (Wildman–Crippen MR) is 83.4 cm³/mol. The van der Waals surface area contributed by atoms with Crippen molar-refractivity contribution < 1.29 is 0 Å². The van der Waals surface area contributed by atoms with Crippen molar-refractivity contribution in [1.82, 2.24) is 30.0 Å². The van der Waals surface area contributed by atoms with Crippen LogP contribution in [0.2, 0.25) is 5.02 Å². The van der Waals surface area contributed by atoms with Crippen LogP contribution in [0.5, 0.6) is 0 Å². The van der Waals surface area contributed by atoms with Crippen molar-refractivity contribution in [2.24, 2.45) is 0 Å². The summed E-state index contributed by atoms with van der Waals surface area (Å²) < 4.78 is 1.28. The highest BCUT2D eigenvalue weighted by Crippen LogP contribution is 2.16. The molecule has 0 fully saturated rings. The van der Waals surface area contributed by atoms with Gasteiger partial charge in [-0.05, 0) is 24.1 Å². The van der Waals surface area contributed by atoms with Crippen molar-refractivity contribution in [3.63, 3.8) is 0 Å². The SMILES string of the molecule is O=c1c2n[nH]nc2nc2sc(CCc3ccc(Cl)cc3)nn12. The Kier molecular flexibility index (Phi) is 3.12. The van der Waals surface area contributed by atoms with E-state index in [-0.39, 0.29) is 11.1 Å². The average Bonchev–Trinajstić information content (AvgIpc) is 3.14. The molecule has 0 aliphatic heterocycles. The van der Waals surface area contributed by atoms with Gasteiger partial charge < -0.3 is 0 Å². The van der Waals surface area contributed by atoms with Gasteiger partial charge in [-0.25, -0.2) is 0 Å². The highest BCUT2D eigenvalue weighted by Gasteiger charge is 2.13. The Morgan fingerprint density at radius 2 is 2.00 bits per heavy atom. The molecular weight excluding hydrogens is 324 g/mol. The van der Waals surface area contributed by atoms with Crippen molar-refractivity contribution >= 4 is 39.1 Å². The second kappa shape index (κ2) is 5.15. The van der Waals surface area contributed by atoms with E-state index < -0.39 is 0 Å². The molecule has 3 aromatic heterocycles. The number of halogens is 1. The minimum atomic E-state index is -0.303. The number of aromatic nitrogens is 6. The Labute approximate surface area is 132 Å². The van der Waals surface area contributed by atoms with E-state index in [1.807, 2.05) is 24.3 Å². The number of aryl methyl sites for hydroxylation is 2. The van der Waals surface area contributed by atoms with Gasteiger partial charge in [0.25, 0.3) is 0 Å². The number of aromatic amines is 1. The second-order valence-corrected chi connectivity index (χ2v) is 6.21. The first kappa shape index (κ1) is 13.4. The first-order chi connectivity index (χ1) is 10.7. The Morgan fingerprint density at radius 3 is 2.82 bits per heavy atom. The smallest absolute Gasteiger partial charge is 0.265 e. The highest BCUT2D eigenvalue weighted by molar-refractivity contribution is 7.16. The van der Waals surface area contributed by atoms with E-state index in [9.17, 15) is 4.79 Å². The molecule has 0 amide bonds. The van der Waals surface area contributed by atoms with Crippen molar-refractivity contribution in [3.8, 4) is 0 Å². The van der Waals surface area contributed by atoms with Gasteiger partial charge in [-0.2, -0.15) is 19.8 Å².